The number of fused-ring (bicyclic) bond motifs is 1. The molecular formula is C24H26FN5O5S. The summed E-state index contributed by atoms with van der Waals surface area (Å²) in [6.45, 7) is 8.39. The van der Waals surface area contributed by atoms with E-state index < -0.39 is 33.4 Å². The van der Waals surface area contributed by atoms with Crippen LogP contribution >= 0.6 is 0 Å². The summed E-state index contributed by atoms with van der Waals surface area (Å²) in [5, 5.41) is 0.600. The molecule has 2 heterocycles. The molecule has 0 unspecified atom stereocenters. The molecule has 0 radical (unpaired) electrons. The Kier molecular flexibility index (Phi) is 8.22. The van der Waals surface area contributed by atoms with E-state index in [-0.39, 0.29) is 29.2 Å². The third-order valence-corrected chi connectivity index (χ3v) is 6.17. The fourth-order valence-corrected chi connectivity index (χ4v) is 4.44. The second-order valence-corrected chi connectivity index (χ2v) is 9.46. The first-order valence-electron chi connectivity index (χ1n) is 10.8. The van der Waals surface area contributed by atoms with Crippen LogP contribution in [0, 0.1) is 6.92 Å². The second kappa shape index (κ2) is 11.1. The lowest BCUT2D eigenvalue weighted by molar-refractivity contribution is 0.440. The minimum absolute atomic E-state index is 0.0642. The van der Waals surface area contributed by atoms with Crippen molar-refractivity contribution in [2.75, 3.05) is 0 Å². The predicted octanol–water partition coefficient (Wildman–Crippen LogP) is 3.27. The molecule has 0 saturated carbocycles. The van der Waals surface area contributed by atoms with Gasteiger partial charge in [0.2, 0.25) is 0 Å². The molecule has 0 aliphatic carbocycles. The van der Waals surface area contributed by atoms with Gasteiger partial charge in [-0.25, -0.2) is 19.2 Å². The van der Waals surface area contributed by atoms with Gasteiger partial charge in [0.05, 0.1) is 5.70 Å². The van der Waals surface area contributed by atoms with E-state index in [2.05, 4.69) is 21.3 Å². The zero-order valence-corrected chi connectivity index (χ0v) is 20.7. The molecule has 0 fully saturated rings. The van der Waals surface area contributed by atoms with E-state index in [1.54, 1.807) is 39.0 Å². The van der Waals surface area contributed by atoms with E-state index in [0.717, 1.165) is 6.20 Å². The van der Waals surface area contributed by atoms with Gasteiger partial charge in [-0.05, 0) is 62.4 Å². The first kappa shape index (κ1) is 26.6. The SMILES string of the molecule is C=C(NS(=O)(=O)NC(C)C)/C(F)=C(\C=C/N)Cc1c(C)c2ccc(Oc3ncccn3)cc2oc1=O. The topological polar surface area (TPSA) is 149 Å². The minimum atomic E-state index is -4.05. The number of hydrogen-bond acceptors (Lipinski definition) is 8. The first-order chi connectivity index (χ1) is 17.0. The molecule has 0 spiro atoms. The fraction of sp³-hybridized carbons (Fsp3) is 0.208. The minimum Gasteiger partial charge on any atom is -0.424 e. The lowest BCUT2D eigenvalue weighted by atomic mass is 9.98. The number of rotatable bonds is 10. The summed E-state index contributed by atoms with van der Waals surface area (Å²) in [5.74, 6) is -0.614. The Labute approximate surface area is 207 Å². The molecule has 3 aromatic rings. The van der Waals surface area contributed by atoms with E-state index in [9.17, 15) is 13.2 Å². The molecule has 10 nitrogen and oxygen atoms in total. The van der Waals surface area contributed by atoms with Gasteiger partial charge in [0, 0.05) is 41.9 Å². The molecule has 190 valence electrons. The van der Waals surface area contributed by atoms with Crippen molar-refractivity contribution in [3.63, 3.8) is 0 Å². The molecule has 1 aromatic carbocycles. The molecule has 0 amide bonds. The van der Waals surface area contributed by atoms with Crippen LogP contribution in [0.15, 0.2) is 81.8 Å². The third-order valence-electron chi connectivity index (χ3n) is 4.87. The standard InChI is InChI=1S/C24H26FN5O5S/c1-14(2)29-36(32,33)30-16(4)22(25)17(8-9-26)12-20-15(3)19-7-6-18(13-21(19)35-23(20)31)34-24-27-10-5-11-28-24/h5-11,13-14,29-30H,4,12,26H2,1-3H3/b9-8-,22-17-. The first-order valence-corrected chi connectivity index (χ1v) is 12.3. The normalized spacial score (nSPS) is 12.7. The summed E-state index contributed by atoms with van der Waals surface area (Å²) < 4.78 is 54.7. The van der Waals surface area contributed by atoms with Crippen LogP contribution in [0.1, 0.15) is 25.0 Å². The zero-order chi connectivity index (χ0) is 26.5. The summed E-state index contributed by atoms with van der Waals surface area (Å²) in [6, 6.07) is 6.24. The van der Waals surface area contributed by atoms with Gasteiger partial charge in [0.15, 0.2) is 0 Å². The highest BCUT2D eigenvalue weighted by Crippen LogP contribution is 2.28. The summed E-state index contributed by atoms with van der Waals surface area (Å²) in [6.07, 6.45) is 5.14. The van der Waals surface area contributed by atoms with Crippen LogP contribution in [0.5, 0.6) is 11.8 Å². The molecule has 0 aliphatic heterocycles. The molecule has 4 N–H and O–H groups in total. The molecule has 0 bridgehead atoms. The Bertz CT molecular complexity index is 1500. The van der Waals surface area contributed by atoms with Crippen molar-refractivity contribution >= 4 is 21.2 Å². The van der Waals surface area contributed by atoms with Crippen molar-refractivity contribution in [3.05, 3.63) is 94.2 Å². The van der Waals surface area contributed by atoms with E-state index in [1.807, 2.05) is 4.72 Å². The van der Waals surface area contributed by atoms with Gasteiger partial charge in [-0.2, -0.15) is 13.1 Å². The van der Waals surface area contributed by atoms with Gasteiger partial charge in [-0.15, -0.1) is 0 Å². The van der Waals surface area contributed by atoms with Crippen molar-refractivity contribution < 1.29 is 22.0 Å². The van der Waals surface area contributed by atoms with Gasteiger partial charge < -0.3 is 14.9 Å². The van der Waals surface area contributed by atoms with Crippen molar-refractivity contribution in [2.24, 2.45) is 5.73 Å². The molecule has 12 heteroatoms. The number of hydrogen-bond donors (Lipinski definition) is 3. The maximum atomic E-state index is 15.2. The van der Waals surface area contributed by atoms with E-state index in [0.29, 0.717) is 16.7 Å². The summed E-state index contributed by atoms with van der Waals surface area (Å²) in [4.78, 5) is 20.8. The number of aromatic nitrogens is 2. The van der Waals surface area contributed by atoms with E-state index in [4.69, 9.17) is 14.9 Å². The predicted molar refractivity (Wildman–Crippen MR) is 134 cm³/mol. The highest BCUT2D eigenvalue weighted by molar-refractivity contribution is 7.87. The molecule has 0 atom stereocenters. The average Bonchev–Trinajstić information content (AvgIpc) is 2.80. The summed E-state index contributed by atoms with van der Waals surface area (Å²) in [7, 11) is -4.05. The lowest BCUT2D eigenvalue weighted by Gasteiger charge is -2.14. The summed E-state index contributed by atoms with van der Waals surface area (Å²) >= 11 is 0. The monoisotopic (exact) mass is 515 g/mol. The largest absolute Gasteiger partial charge is 0.424 e. The smallest absolute Gasteiger partial charge is 0.340 e. The Morgan fingerprint density at radius 1 is 1.31 bits per heavy atom. The quantitative estimate of drug-likeness (QED) is 0.275. The van der Waals surface area contributed by atoms with Crippen LogP contribution in [-0.2, 0) is 16.6 Å². The third kappa shape index (κ3) is 6.55. The lowest BCUT2D eigenvalue weighted by Crippen LogP contribution is -2.39. The van der Waals surface area contributed by atoms with E-state index >= 15 is 4.39 Å². The highest BCUT2D eigenvalue weighted by atomic mass is 32.2. The maximum absolute atomic E-state index is 15.2. The van der Waals surface area contributed by atoms with Crippen LogP contribution in [0.3, 0.4) is 0 Å². The van der Waals surface area contributed by atoms with Crippen LogP contribution in [-0.4, -0.2) is 24.4 Å². The van der Waals surface area contributed by atoms with Gasteiger partial charge >= 0.3 is 11.6 Å². The number of allylic oxidation sites excluding steroid dienone is 3. The Hall–Kier alpha value is -4.03. The highest BCUT2D eigenvalue weighted by Gasteiger charge is 2.19. The number of benzene rings is 1. The number of ether oxygens (including phenoxy) is 1. The van der Waals surface area contributed by atoms with Crippen molar-refractivity contribution in [1.82, 2.24) is 19.4 Å². The van der Waals surface area contributed by atoms with Crippen LogP contribution in [0.25, 0.3) is 11.0 Å². The number of aryl methyl sites for hydroxylation is 1. The Balaban J connectivity index is 1.95. The molecule has 0 saturated heterocycles. The molecule has 0 aliphatic rings. The fourth-order valence-electron chi connectivity index (χ4n) is 3.34. The second-order valence-electron chi connectivity index (χ2n) is 8.02. The van der Waals surface area contributed by atoms with Gasteiger partial charge in [-0.3, -0.25) is 4.72 Å². The maximum Gasteiger partial charge on any atom is 0.340 e. The van der Waals surface area contributed by atoms with Crippen molar-refractivity contribution in [1.29, 1.82) is 0 Å². The molecule has 36 heavy (non-hydrogen) atoms. The average molecular weight is 516 g/mol. The van der Waals surface area contributed by atoms with Crippen molar-refractivity contribution in [2.45, 2.75) is 33.2 Å². The number of nitrogens with one attached hydrogen (secondary N) is 2. The van der Waals surface area contributed by atoms with Gasteiger partial charge in [-0.1, -0.05) is 6.58 Å². The Morgan fingerprint density at radius 3 is 2.64 bits per heavy atom. The van der Waals surface area contributed by atoms with Crippen LogP contribution in [0.4, 0.5) is 4.39 Å². The van der Waals surface area contributed by atoms with Crippen LogP contribution in [0.2, 0.25) is 0 Å². The molecular weight excluding hydrogens is 489 g/mol. The van der Waals surface area contributed by atoms with Crippen molar-refractivity contribution in [3.8, 4) is 11.8 Å². The number of nitrogens with two attached hydrogens (primary N) is 1. The Morgan fingerprint density at radius 2 is 2.00 bits per heavy atom. The van der Waals surface area contributed by atoms with Gasteiger partial charge in [0.25, 0.3) is 10.2 Å². The van der Waals surface area contributed by atoms with E-state index in [1.165, 1.54) is 24.5 Å². The number of halogens is 1. The number of nitrogens with zero attached hydrogens (tertiary/aromatic N) is 2. The summed E-state index contributed by atoms with van der Waals surface area (Å²) in [5.41, 5.74) is 5.17. The molecule has 3 rings (SSSR count). The zero-order valence-electron chi connectivity index (χ0n) is 19.9. The van der Waals surface area contributed by atoms with Gasteiger partial charge in [0.1, 0.15) is 17.2 Å². The van der Waals surface area contributed by atoms with Crippen LogP contribution < -0.4 is 25.5 Å². The molecule has 2 aromatic heterocycles.